The summed E-state index contributed by atoms with van der Waals surface area (Å²) in [6.45, 7) is 0. The molecule has 6 atom stereocenters. The summed E-state index contributed by atoms with van der Waals surface area (Å²) in [7, 11) is 0. The van der Waals surface area contributed by atoms with Crippen molar-refractivity contribution < 1.29 is 9.47 Å². The predicted molar refractivity (Wildman–Crippen MR) is 167 cm³/mol. The van der Waals surface area contributed by atoms with Crippen LogP contribution in [0.25, 0.3) is 5.69 Å². The number of aromatic nitrogens is 3. The van der Waals surface area contributed by atoms with E-state index in [1.165, 1.54) is 25.1 Å². The fourth-order valence-corrected chi connectivity index (χ4v) is 7.33. The van der Waals surface area contributed by atoms with Gasteiger partial charge in [0.25, 0.3) is 0 Å². The average Bonchev–Trinajstić information content (AvgIpc) is 3.34. The van der Waals surface area contributed by atoms with Gasteiger partial charge in [-0.1, -0.05) is 105 Å². The van der Waals surface area contributed by atoms with Crippen LogP contribution in [0.4, 0.5) is 0 Å². The zero-order valence-electron chi connectivity index (χ0n) is 24.4. The van der Waals surface area contributed by atoms with Crippen LogP contribution < -0.4 is 11.4 Å². The number of rotatable bonds is 7. The summed E-state index contributed by atoms with van der Waals surface area (Å²) >= 11 is 0. The summed E-state index contributed by atoms with van der Waals surface area (Å²) in [5, 5.41) is 0. The minimum absolute atomic E-state index is 0.0698. The van der Waals surface area contributed by atoms with Gasteiger partial charge in [0.2, 0.25) is 0 Å². The first-order chi connectivity index (χ1) is 21.2. The lowest BCUT2D eigenvalue weighted by molar-refractivity contribution is -0.106. The molecule has 0 N–H and O–H groups in total. The van der Waals surface area contributed by atoms with Crippen LogP contribution in [0.5, 0.6) is 0 Å². The maximum atomic E-state index is 14.1. The van der Waals surface area contributed by atoms with E-state index in [0.29, 0.717) is 5.69 Å². The molecule has 1 aliphatic heterocycles. The Hall–Kier alpha value is -3.94. The monoisotopic (exact) mass is 577 g/mol. The van der Waals surface area contributed by atoms with Gasteiger partial charge in [-0.15, -0.1) is 0 Å². The van der Waals surface area contributed by atoms with Crippen LogP contribution in [0.3, 0.4) is 0 Å². The lowest BCUT2D eigenvalue weighted by atomic mass is 9.81. The Labute approximate surface area is 252 Å². The molecule has 0 spiro atoms. The Morgan fingerprint density at radius 3 is 1.35 bits per heavy atom. The maximum absolute atomic E-state index is 14.1. The van der Waals surface area contributed by atoms with Gasteiger partial charge in [0.05, 0.1) is 17.9 Å². The van der Waals surface area contributed by atoms with Gasteiger partial charge in [-0.2, -0.15) is 9.36 Å². The van der Waals surface area contributed by atoms with Crippen molar-refractivity contribution >= 4 is 0 Å². The predicted octanol–water partition coefficient (Wildman–Crippen LogP) is 6.85. The van der Waals surface area contributed by atoms with Crippen molar-refractivity contribution in [2.24, 2.45) is 0 Å². The number of hydrogen-bond acceptors (Lipinski definition) is 4. The second kappa shape index (κ2) is 12.3. The molecule has 4 aromatic rings. The van der Waals surface area contributed by atoms with Crippen LogP contribution >= 0.6 is 0 Å². The Morgan fingerprint density at radius 1 is 0.512 bits per heavy atom. The summed E-state index contributed by atoms with van der Waals surface area (Å²) in [6.07, 6.45) is 10.6. The Kier molecular flexibility index (Phi) is 8.00. The molecule has 2 saturated carbocycles. The first kappa shape index (κ1) is 27.9. The third-order valence-electron chi connectivity index (χ3n) is 9.43. The van der Waals surface area contributed by atoms with E-state index in [4.69, 9.17) is 9.47 Å². The van der Waals surface area contributed by atoms with E-state index in [-0.39, 0.29) is 24.0 Å². The SMILES string of the molecule is O=c1n(-c2ccccc2)c(=O)n2n1C(OC1CCCCC1c1ccccc1)C=CC2OC1CCCCC1c1ccccc1. The molecular formula is C36H39N3O4. The first-order valence-electron chi connectivity index (χ1n) is 15.8. The largest absolute Gasteiger partial charge is 0.354 e. The van der Waals surface area contributed by atoms with Crippen molar-refractivity contribution in [2.45, 2.75) is 87.9 Å². The Bertz CT molecular complexity index is 1550. The second-order valence-corrected chi connectivity index (χ2v) is 12.0. The highest BCUT2D eigenvalue weighted by Gasteiger charge is 2.37. The molecular weight excluding hydrogens is 538 g/mol. The highest BCUT2D eigenvalue weighted by Crippen LogP contribution is 2.40. The molecule has 0 bridgehead atoms. The molecule has 3 aromatic carbocycles. The van der Waals surface area contributed by atoms with Crippen LogP contribution in [0.15, 0.2) is 113 Å². The summed E-state index contributed by atoms with van der Waals surface area (Å²) in [6, 6.07) is 30.1. The molecule has 43 heavy (non-hydrogen) atoms. The normalized spacial score (nSPS) is 27.1. The molecule has 0 radical (unpaired) electrons. The van der Waals surface area contributed by atoms with E-state index in [2.05, 4.69) is 48.5 Å². The number of ether oxygens (including phenoxy) is 2. The smallest absolute Gasteiger partial charge is 0.349 e. The number of para-hydroxylation sites is 1. The lowest BCUT2D eigenvalue weighted by Gasteiger charge is -2.38. The average molecular weight is 578 g/mol. The van der Waals surface area contributed by atoms with E-state index >= 15 is 0 Å². The summed E-state index contributed by atoms with van der Waals surface area (Å²) in [4.78, 5) is 28.2. The molecule has 6 unspecified atom stereocenters. The second-order valence-electron chi connectivity index (χ2n) is 12.0. The molecule has 7 heteroatoms. The molecule has 7 nitrogen and oxygen atoms in total. The number of fused-ring (bicyclic) bond motifs is 1. The van der Waals surface area contributed by atoms with E-state index in [1.807, 2.05) is 42.5 Å². The molecule has 2 fully saturated rings. The van der Waals surface area contributed by atoms with Gasteiger partial charge in [-0.05, 0) is 61.1 Å². The molecule has 1 aromatic heterocycles. The molecule has 2 heterocycles. The molecule has 3 aliphatic rings. The van der Waals surface area contributed by atoms with Crippen LogP contribution in [-0.2, 0) is 9.47 Å². The van der Waals surface area contributed by atoms with Crippen LogP contribution in [-0.4, -0.2) is 26.1 Å². The summed E-state index contributed by atoms with van der Waals surface area (Å²) in [5.41, 5.74) is 2.20. The van der Waals surface area contributed by atoms with Crippen LogP contribution in [0.1, 0.15) is 86.8 Å². The Balaban J connectivity index is 1.25. The molecule has 0 amide bonds. The fourth-order valence-electron chi connectivity index (χ4n) is 7.33. The van der Waals surface area contributed by atoms with E-state index in [1.54, 1.807) is 12.1 Å². The van der Waals surface area contributed by atoms with Gasteiger partial charge in [-0.3, -0.25) is 0 Å². The number of hydrogen-bond donors (Lipinski definition) is 0. The van der Waals surface area contributed by atoms with Crippen molar-refractivity contribution in [1.82, 2.24) is 13.9 Å². The van der Waals surface area contributed by atoms with Gasteiger partial charge in [0.15, 0.2) is 12.5 Å². The van der Waals surface area contributed by atoms with Gasteiger partial charge < -0.3 is 9.47 Å². The minimum atomic E-state index is -0.712. The van der Waals surface area contributed by atoms with Crippen molar-refractivity contribution in [3.05, 3.63) is 135 Å². The summed E-state index contributed by atoms with van der Waals surface area (Å²) < 4.78 is 17.8. The van der Waals surface area contributed by atoms with Crippen molar-refractivity contribution in [3.63, 3.8) is 0 Å². The van der Waals surface area contributed by atoms with Gasteiger partial charge in [-0.25, -0.2) is 14.2 Å². The Morgan fingerprint density at radius 2 is 0.907 bits per heavy atom. The van der Waals surface area contributed by atoms with E-state index in [9.17, 15) is 9.59 Å². The van der Waals surface area contributed by atoms with Gasteiger partial charge in [0, 0.05) is 11.8 Å². The third-order valence-corrected chi connectivity index (χ3v) is 9.43. The molecule has 2 aliphatic carbocycles. The van der Waals surface area contributed by atoms with Crippen molar-refractivity contribution in [2.75, 3.05) is 0 Å². The van der Waals surface area contributed by atoms with Crippen molar-refractivity contribution in [3.8, 4) is 5.69 Å². The van der Waals surface area contributed by atoms with E-state index in [0.717, 1.165) is 51.4 Å². The quantitative estimate of drug-likeness (QED) is 0.225. The number of nitrogens with zero attached hydrogens (tertiary/aromatic N) is 3. The minimum Gasteiger partial charge on any atom is -0.349 e. The zero-order chi connectivity index (χ0) is 29.2. The molecule has 222 valence electrons. The highest BCUT2D eigenvalue weighted by molar-refractivity contribution is 5.31. The lowest BCUT2D eigenvalue weighted by Crippen LogP contribution is -2.41. The topological polar surface area (TPSA) is 67.4 Å². The first-order valence-corrected chi connectivity index (χ1v) is 15.8. The third kappa shape index (κ3) is 5.48. The van der Waals surface area contributed by atoms with Gasteiger partial charge in [0.1, 0.15) is 0 Å². The van der Waals surface area contributed by atoms with Crippen LogP contribution in [0, 0.1) is 0 Å². The molecule has 0 saturated heterocycles. The standard InChI is InChI=1S/C36H39N3O4/c40-35-37(28-18-8-3-9-19-28)36(41)39-34(43-32-23-13-11-21-30(32)27-16-6-2-7-17-27)25-24-33(38(35)39)42-31-22-12-10-20-29(31)26-14-4-1-5-15-26/h1-9,14-19,24-25,29-34H,10-13,20-23H2. The fraction of sp³-hybridized carbons (Fsp3) is 0.389. The zero-order valence-corrected chi connectivity index (χ0v) is 24.4. The van der Waals surface area contributed by atoms with Crippen LogP contribution in [0.2, 0.25) is 0 Å². The van der Waals surface area contributed by atoms with Gasteiger partial charge >= 0.3 is 11.4 Å². The number of benzene rings is 3. The van der Waals surface area contributed by atoms with Crippen molar-refractivity contribution in [1.29, 1.82) is 0 Å². The highest BCUT2D eigenvalue weighted by atomic mass is 16.5. The maximum Gasteiger partial charge on any atom is 0.354 e. The van der Waals surface area contributed by atoms with E-state index < -0.39 is 23.8 Å². The molecule has 7 rings (SSSR count). The summed E-state index contributed by atoms with van der Waals surface area (Å²) in [5.74, 6) is 0.469.